The summed E-state index contributed by atoms with van der Waals surface area (Å²) in [5.74, 6) is 1.03. The quantitative estimate of drug-likeness (QED) is 0.792. The number of benzene rings is 1. The molecule has 2 aromatic rings. The number of furan rings is 1. The molecule has 0 aliphatic rings. The van der Waals surface area contributed by atoms with Gasteiger partial charge in [-0.05, 0) is 44.0 Å². The second kappa shape index (κ2) is 4.71. The maximum absolute atomic E-state index is 5.86. The van der Waals surface area contributed by atoms with Gasteiger partial charge < -0.3 is 9.73 Å². The van der Waals surface area contributed by atoms with Gasteiger partial charge >= 0.3 is 0 Å². The van der Waals surface area contributed by atoms with Gasteiger partial charge in [0.2, 0.25) is 0 Å². The lowest BCUT2D eigenvalue weighted by atomic mass is 10.1. The Balaban J connectivity index is 2.29. The maximum Gasteiger partial charge on any atom is 0.137 e. The lowest BCUT2D eigenvalue weighted by Crippen LogP contribution is -2.12. The molecule has 0 saturated carbocycles. The summed E-state index contributed by atoms with van der Waals surface area (Å²) in [5.41, 5.74) is 3.53. The van der Waals surface area contributed by atoms with Crippen LogP contribution in [-0.4, -0.2) is 6.54 Å². The minimum absolute atomic E-state index is 0.821. The molecule has 0 saturated heterocycles. The molecule has 1 N–H and O–H groups in total. The van der Waals surface area contributed by atoms with Gasteiger partial charge in [-0.15, -0.1) is 0 Å². The molecule has 0 amide bonds. The monoisotopic (exact) mass is 217 g/mol. The first-order chi connectivity index (χ1) is 7.72. The van der Waals surface area contributed by atoms with E-state index in [-0.39, 0.29) is 0 Å². The first kappa shape index (κ1) is 11.2. The minimum atomic E-state index is 0.821. The van der Waals surface area contributed by atoms with Gasteiger partial charge in [-0.2, -0.15) is 0 Å². The predicted molar refractivity (Wildman–Crippen MR) is 67.7 cm³/mol. The molecular weight excluding hydrogens is 198 g/mol. The van der Waals surface area contributed by atoms with E-state index in [0.29, 0.717) is 0 Å². The Bertz CT molecular complexity index is 446. The molecule has 2 rings (SSSR count). The number of aryl methyl sites for hydroxylation is 2. The van der Waals surface area contributed by atoms with Crippen LogP contribution in [0.15, 0.2) is 22.6 Å². The van der Waals surface area contributed by atoms with Gasteiger partial charge in [-0.1, -0.05) is 19.1 Å². The van der Waals surface area contributed by atoms with Crippen LogP contribution in [0.2, 0.25) is 0 Å². The normalized spacial score (nSPS) is 11.2. The lowest BCUT2D eigenvalue weighted by Gasteiger charge is -1.98. The van der Waals surface area contributed by atoms with Gasteiger partial charge in [-0.3, -0.25) is 0 Å². The highest BCUT2D eigenvalue weighted by atomic mass is 16.3. The molecule has 1 aromatic heterocycles. The first-order valence-corrected chi connectivity index (χ1v) is 5.91. The molecule has 0 aliphatic carbocycles. The molecule has 0 radical (unpaired) electrons. The highest BCUT2D eigenvalue weighted by molar-refractivity contribution is 5.84. The third kappa shape index (κ3) is 2.12. The topological polar surface area (TPSA) is 25.2 Å². The van der Waals surface area contributed by atoms with Crippen LogP contribution in [0.3, 0.4) is 0 Å². The van der Waals surface area contributed by atoms with Crippen LogP contribution in [0, 0.1) is 13.8 Å². The Morgan fingerprint density at radius 2 is 1.94 bits per heavy atom. The molecule has 0 unspecified atom stereocenters. The zero-order chi connectivity index (χ0) is 11.5. The van der Waals surface area contributed by atoms with E-state index in [0.717, 1.165) is 30.9 Å². The average Bonchev–Trinajstić information content (AvgIpc) is 2.69. The third-order valence-corrected chi connectivity index (χ3v) is 2.88. The van der Waals surface area contributed by atoms with Gasteiger partial charge in [0.05, 0.1) is 6.54 Å². The van der Waals surface area contributed by atoms with E-state index >= 15 is 0 Å². The van der Waals surface area contributed by atoms with E-state index in [1.165, 1.54) is 16.5 Å². The molecule has 86 valence electrons. The average molecular weight is 217 g/mol. The molecule has 1 aromatic carbocycles. The van der Waals surface area contributed by atoms with Crippen molar-refractivity contribution >= 4 is 11.0 Å². The van der Waals surface area contributed by atoms with Crippen molar-refractivity contribution in [1.29, 1.82) is 0 Å². The molecular formula is C14H19NO. The summed E-state index contributed by atoms with van der Waals surface area (Å²) in [6, 6.07) is 6.42. The second-order valence-corrected chi connectivity index (χ2v) is 4.33. The number of nitrogens with one attached hydrogen (secondary N) is 1. The van der Waals surface area contributed by atoms with Crippen LogP contribution in [0.1, 0.15) is 30.2 Å². The van der Waals surface area contributed by atoms with Gasteiger partial charge in [0.15, 0.2) is 0 Å². The van der Waals surface area contributed by atoms with Gasteiger partial charge in [0.25, 0.3) is 0 Å². The van der Waals surface area contributed by atoms with E-state index in [9.17, 15) is 0 Å². The Morgan fingerprint density at radius 3 is 2.62 bits per heavy atom. The summed E-state index contributed by atoms with van der Waals surface area (Å²) in [6.45, 7) is 8.24. The van der Waals surface area contributed by atoms with E-state index in [2.05, 4.69) is 44.3 Å². The zero-order valence-corrected chi connectivity index (χ0v) is 10.3. The van der Waals surface area contributed by atoms with Gasteiger partial charge in [0.1, 0.15) is 11.3 Å². The van der Waals surface area contributed by atoms with Crippen LogP contribution < -0.4 is 5.32 Å². The van der Waals surface area contributed by atoms with Gasteiger partial charge in [0, 0.05) is 5.39 Å². The molecule has 0 spiro atoms. The number of fused-ring (bicyclic) bond motifs is 1. The zero-order valence-electron chi connectivity index (χ0n) is 10.3. The minimum Gasteiger partial charge on any atom is -0.459 e. The summed E-state index contributed by atoms with van der Waals surface area (Å²) >= 11 is 0. The molecule has 16 heavy (non-hydrogen) atoms. The highest BCUT2D eigenvalue weighted by Crippen LogP contribution is 2.25. The molecule has 2 heteroatoms. The van der Waals surface area contributed by atoms with E-state index in [1.807, 2.05) is 0 Å². The van der Waals surface area contributed by atoms with E-state index in [1.54, 1.807) is 0 Å². The number of hydrogen-bond donors (Lipinski definition) is 1. The number of hydrogen-bond acceptors (Lipinski definition) is 2. The van der Waals surface area contributed by atoms with Crippen LogP contribution in [-0.2, 0) is 6.54 Å². The van der Waals surface area contributed by atoms with E-state index < -0.39 is 0 Å². The fraction of sp³-hybridized carbons (Fsp3) is 0.429. The van der Waals surface area contributed by atoms with Crippen molar-refractivity contribution in [2.75, 3.05) is 6.54 Å². The smallest absolute Gasteiger partial charge is 0.137 e. The Morgan fingerprint density at radius 1 is 1.19 bits per heavy atom. The number of rotatable bonds is 4. The Hall–Kier alpha value is -1.28. The molecule has 0 bridgehead atoms. The van der Waals surface area contributed by atoms with Crippen molar-refractivity contribution in [2.45, 2.75) is 33.7 Å². The van der Waals surface area contributed by atoms with Crippen LogP contribution in [0.4, 0.5) is 0 Å². The summed E-state index contributed by atoms with van der Waals surface area (Å²) in [4.78, 5) is 0. The maximum atomic E-state index is 5.86. The molecule has 0 aliphatic heterocycles. The molecule has 0 atom stereocenters. The summed E-state index contributed by atoms with van der Waals surface area (Å²) in [6.07, 6.45) is 1.15. The van der Waals surface area contributed by atoms with Crippen molar-refractivity contribution in [1.82, 2.24) is 5.32 Å². The largest absolute Gasteiger partial charge is 0.459 e. The predicted octanol–water partition coefficient (Wildman–Crippen LogP) is 3.55. The summed E-state index contributed by atoms with van der Waals surface area (Å²) in [5, 5.41) is 4.60. The van der Waals surface area contributed by atoms with Crippen molar-refractivity contribution in [3.8, 4) is 0 Å². The van der Waals surface area contributed by atoms with Gasteiger partial charge in [-0.25, -0.2) is 0 Å². The Kier molecular flexibility index (Phi) is 3.30. The fourth-order valence-corrected chi connectivity index (χ4v) is 1.92. The Labute approximate surface area is 96.6 Å². The van der Waals surface area contributed by atoms with Crippen LogP contribution in [0.25, 0.3) is 11.0 Å². The molecule has 0 fully saturated rings. The van der Waals surface area contributed by atoms with Crippen molar-refractivity contribution < 1.29 is 4.42 Å². The second-order valence-electron chi connectivity index (χ2n) is 4.33. The SMILES string of the molecule is CCCNCc1cc2c(C)ccc(C)c2o1. The van der Waals surface area contributed by atoms with Crippen LogP contribution >= 0.6 is 0 Å². The van der Waals surface area contributed by atoms with Crippen molar-refractivity contribution in [3.63, 3.8) is 0 Å². The van der Waals surface area contributed by atoms with Crippen molar-refractivity contribution in [3.05, 3.63) is 35.1 Å². The van der Waals surface area contributed by atoms with Crippen molar-refractivity contribution in [2.24, 2.45) is 0 Å². The van der Waals surface area contributed by atoms with E-state index in [4.69, 9.17) is 4.42 Å². The molecule has 2 nitrogen and oxygen atoms in total. The lowest BCUT2D eigenvalue weighted by molar-refractivity contribution is 0.512. The molecule has 1 heterocycles. The first-order valence-electron chi connectivity index (χ1n) is 5.91. The third-order valence-electron chi connectivity index (χ3n) is 2.88. The fourth-order valence-electron chi connectivity index (χ4n) is 1.92. The standard InChI is InChI=1S/C14H19NO/c1-4-7-15-9-12-8-13-10(2)5-6-11(3)14(13)16-12/h5-6,8,15H,4,7,9H2,1-3H3. The van der Waals surface area contributed by atoms with Crippen LogP contribution in [0.5, 0.6) is 0 Å². The highest BCUT2D eigenvalue weighted by Gasteiger charge is 2.07. The summed E-state index contributed by atoms with van der Waals surface area (Å²) in [7, 11) is 0. The summed E-state index contributed by atoms with van der Waals surface area (Å²) < 4.78 is 5.86.